The molecule has 0 atom stereocenters. The van der Waals surface area contributed by atoms with Crippen LogP contribution in [0.4, 0.5) is 0 Å². The van der Waals surface area contributed by atoms with Gasteiger partial charge in [-0.1, -0.05) is 43.2 Å². The van der Waals surface area contributed by atoms with Crippen molar-refractivity contribution in [2.75, 3.05) is 13.2 Å². The Hall–Kier alpha value is -3.32. The highest BCUT2D eigenvalue weighted by atomic mass is 16.5. The standard InChI is InChI=1S/C23H27NO6/c24-10-6-1-2-7-11-29-19-12-18(21(25)15-22(26)23(27)28)13-20(14-19)30-16-17-8-4-3-5-9-17/h3-5,8-9,12-15,25H,1-2,6-7,10-11,16,24H2,(H,27,28). The van der Waals surface area contributed by atoms with Gasteiger partial charge in [0.25, 0.3) is 5.78 Å². The van der Waals surface area contributed by atoms with Crippen molar-refractivity contribution < 1.29 is 29.3 Å². The average Bonchev–Trinajstić information content (AvgIpc) is 2.75. The van der Waals surface area contributed by atoms with Crippen molar-refractivity contribution in [1.29, 1.82) is 0 Å². The molecule has 0 saturated carbocycles. The molecule has 0 aromatic heterocycles. The van der Waals surface area contributed by atoms with E-state index in [2.05, 4.69) is 0 Å². The molecular weight excluding hydrogens is 386 g/mol. The van der Waals surface area contributed by atoms with Crippen molar-refractivity contribution in [3.8, 4) is 11.5 Å². The minimum Gasteiger partial charge on any atom is -0.507 e. The van der Waals surface area contributed by atoms with Crippen LogP contribution >= 0.6 is 0 Å². The number of carbonyl (C=O) groups is 2. The van der Waals surface area contributed by atoms with Gasteiger partial charge in [-0.05, 0) is 37.1 Å². The lowest BCUT2D eigenvalue weighted by Gasteiger charge is -2.12. The minimum atomic E-state index is -1.65. The Morgan fingerprint density at radius 3 is 2.23 bits per heavy atom. The van der Waals surface area contributed by atoms with Gasteiger partial charge in [-0.3, -0.25) is 4.79 Å². The lowest BCUT2D eigenvalue weighted by molar-refractivity contribution is -0.146. The van der Waals surface area contributed by atoms with Crippen molar-refractivity contribution in [1.82, 2.24) is 0 Å². The fraction of sp³-hybridized carbons (Fsp3) is 0.304. The number of nitrogens with two attached hydrogens (primary N) is 1. The Kier molecular flexibility index (Phi) is 9.40. The predicted octanol–water partition coefficient (Wildman–Crippen LogP) is 3.72. The van der Waals surface area contributed by atoms with Crippen molar-refractivity contribution in [3.63, 3.8) is 0 Å². The molecule has 2 aromatic rings. The van der Waals surface area contributed by atoms with Crippen LogP contribution in [0, 0.1) is 0 Å². The number of carboxylic acids is 1. The summed E-state index contributed by atoms with van der Waals surface area (Å²) in [6.07, 6.45) is 4.51. The van der Waals surface area contributed by atoms with Crippen LogP contribution in [0.15, 0.2) is 54.6 Å². The number of aliphatic carboxylic acids is 1. The van der Waals surface area contributed by atoms with E-state index in [-0.39, 0.29) is 5.56 Å². The number of carboxylic acid groups (broad SMARTS) is 1. The molecule has 7 heteroatoms. The van der Waals surface area contributed by atoms with Crippen LogP contribution < -0.4 is 15.2 Å². The van der Waals surface area contributed by atoms with Crippen LogP contribution in [-0.2, 0) is 16.2 Å². The van der Waals surface area contributed by atoms with Gasteiger partial charge >= 0.3 is 5.97 Å². The molecule has 0 aliphatic carbocycles. The lowest BCUT2D eigenvalue weighted by atomic mass is 10.1. The Bertz CT molecular complexity index is 863. The molecular formula is C23H27NO6. The fourth-order valence-electron chi connectivity index (χ4n) is 2.69. The molecule has 160 valence electrons. The third-order valence-electron chi connectivity index (χ3n) is 4.27. The fourth-order valence-corrected chi connectivity index (χ4v) is 2.69. The first-order valence-corrected chi connectivity index (χ1v) is 9.82. The van der Waals surface area contributed by atoms with Crippen LogP contribution in [0.3, 0.4) is 0 Å². The van der Waals surface area contributed by atoms with Crippen LogP contribution in [0.1, 0.15) is 36.8 Å². The maximum absolute atomic E-state index is 11.4. The number of carbonyl (C=O) groups excluding carboxylic acids is 1. The molecule has 0 heterocycles. The van der Waals surface area contributed by atoms with Crippen LogP contribution in [0.5, 0.6) is 11.5 Å². The molecule has 0 amide bonds. The molecule has 0 fully saturated rings. The second-order valence-electron chi connectivity index (χ2n) is 6.72. The predicted molar refractivity (Wildman–Crippen MR) is 113 cm³/mol. The van der Waals surface area contributed by atoms with E-state index in [1.807, 2.05) is 30.3 Å². The number of unbranched alkanes of at least 4 members (excludes halogenated alkanes) is 3. The van der Waals surface area contributed by atoms with Gasteiger partial charge in [0, 0.05) is 17.7 Å². The molecule has 2 aromatic carbocycles. The van der Waals surface area contributed by atoms with E-state index in [0.29, 0.717) is 37.3 Å². The van der Waals surface area contributed by atoms with Gasteiger partial charge < -0.3 is 25.4 Å². The number of ether oxygens (including phenoxy) is 2. The molecule has 7 nitrogen and oxygen atoms in total. The van der Waals surface area contributed by atoms with Gasteiger partial charge in [0.05, 0.1) is 6.61 Å². The highest BCUT2D eigenvalue weighted by molar-refractivity contribution is 6.38. The first-order valence-electron chi connectivity index (χ1n) is 9.82. The molecule has 0 unspecified atom stereocenters. The average molecular weight is 413 g/mol. The van der Waals surface area contributed by atoms with Crippen molar-refractivity contribution in [2.45, 2.75) is 32.3 Å². The van der Waals surface area contributed by atoms with E-state index < -0.39 is 17.5 Å². The van der Waals surface area contributed by atoms with Gasteiger partial charge in [0.1, 0.15) is 23.9 Å². The summed E-state index contributed by atoms with van der Waals surface area (Å²) in [5.74, 6) is -2.45. The zero-order valence-electron chi connectivity index (χ0n) is 16.8. The molecule has 4 N–H and O–H groups in total. The van der Waals surface area contributed by atoms with Crippen molar-refractivity contribution in [2.24, 2.45) is 5.73 Å². The number of ketones is 1. The zero-order valence-corrected chi connectivity index (χ0v) is 16.8. The van der Waals surface area contributed by atoms with E-state index >= 15 is 0 Å². The van der Waals surface area contributed by atoms with Crippen molar-refractivity contribution in [3.05, 3.63) is 65.7 Å². The summed E-state index contributed by atoms with van der Waals surface area (Å²) in [7, 11) is 0. The quantitative estimate of drug-likeness (QED) is 0.198. The largest absolute Gasteiger partial charge is 0.507 e. The third-order valence-corrected chi connectivity index (χ3v) is 4.27. The summed E-state index contributed by atoms with van der Waals surface area (Å²) < 4.78 is 11.6. The number of hydrogen-bond acceptors (Lipinski definition) is 6. The highest BCUT2D eigenvalue weighted by Crippen LogP contribution is 2.27. The number of aliphatic hydroxyl groups is 1. The van der Waals surface area contributed by atoms with E-state index in [4.69, 9.17) is 20.3 Å². The summed E-state index contributed by atoms with van der Waals surface area (Å²) in [6, 6.07) is 14.3. The third kappa shape index (κ3) is 7.97. The first-order chi connectivity index (χ1) is 14.5. The molecule has 0 spiro atoms. The smallest absolute Gasteiger partial charge is 0.376 e. The minimum absolute atomic E-state index is 0.230. The first kappa shape index (κ1) is 23.0. The Balaban J connectivity index is 2.13. The molecule has 30 heavy (non-hydrogen) atoms. The Morgan fingerprint density at radius 1 is 0.900 bits per heavy atom. The molecule has 0 saturated heterocycles. The van der Waals surface area contributed by atoms with Crippen LogP contribution in [0.25, 0.3) is 5.76 Å². The summed E-state index contributed by atoms with van der Waals surface area (Å²) in [4.78, 5) is 22.1. The highest BCUT2D eigenvalue weighted by Gasteiger charge is 2.13. The number of hydrogen-bond donors (Lipinski definition) is 3. The zero-order chi connectivity index (χ0) is 21.8. The SMILES string of the molecule is NCCCCCCOc1cc(OCc2ccccc2)cc(C(O)=CC(=O)C(=O)O)c1. The van der Waals surface area contributed by atoms with Crippen LogP contribution in [-0.4, -0.2) is 35.1 Å². The monoisotopic (exact) mass is 413 g/mol. The summed E-state index contributed by atoms with van der Waals surface area (Å²) in [5, 5.41) is 18.9. The van der Waals surface area contributed by atoms with E-state index in [1.165, 1.54) is 12.1 Å². The van der Waals surface area contributed by atoms with E-state index in [0.717, 1.165) is 31.2 Å². The molecule has 0 aliphatic rings. The van der Waals surface area contributed by atoms with Gasteiger partial charge in [-0.25, -0.2) is 4.79 Å². The van der Waals surface area contributed by atoms with E-state index in [9.17, 15) is 14.7 Å². The summed E-state index contributed by atoms with van der Waals surface area (Å²) in [6.45, 7) is 1.46. The molecule has 0 radical (unpaired) electrons. The second-order valence-corrected chi connectivity index (χ2v) is 6.72. The van der Waals surface area contributed by atoms with Gasteiger partial charge in [-0.2, -0.15) is 0 Å². The Morgan fingerprint density at radius 2 is 1.57 bits per heavy atom. The maximum atomic E-state index is 11.4. The second kappa shape index (κ2) is 12.3. The van der Waals surface area contributed by atoms with E-state index in [1.54, 1.807) is 6.07 Å². The molecule has 0 aliphatic heterocycles. The number of benzene rings is 2. The number of aliphatic hydroxyl groups excluding tert-OH is 1. The lowest BCUT2D eigenvalue weighted by Crippen LogP contribution is -2.09. The maximum Gasteiger partial charge on any atom is 0.376 e. The number of rotatable bonds is 13. The summed E-state index contributed by atoms with van der Waals surface area (Å²) >= 11 is 0. The topological polar surface area (TPSA) is 119 Å². The molecule has 0 bridgehead atoms. The summed E-state index contributed by atoms with van der Waals surface area (Å²) in [5.41, 5.74) is 6.68. The Labute approximate surface area is 175 Å². The van der Waals surface area contributed by atoms with Gasteiger partial charge in [0.2, 0.25) is 0 Å². The normalized spacial score (nSPS) is 11.2. The van der Waals surface area contributed by atoms with Crippen molar-refractivity contribution >= 4 is 17.5 Å². The van der Waals surface area contributed by atoms with Gasteiger partial charge in [0.15, 0.2) is 0 Å². The van der Waals surface area contributed by atoms with Crippen LogP contribution in [0.2, 0.25) is 0 Å². The van der Waals surface area contributed by atoms with Gasteiger partial charge in [-0.15, -0.1) is 0 Å². The molecule has 2 rings (SSSR count).